The van der Waals surface area contributed by atoms with E-state index in [-0.39, 0.29) is 24.2 Å². The van der Waals surface area contributed by atoms with Gasteiger partial charge >= 0.3 is 5.97 Å². The van der Waals surface area contributed by atoms with Crippen molar-refractivity contribution < 1.29 is 53.5 Å². The average molecular weight is 778 g/mol. The van der Waals surface area contributed by atoms with Crippen molar-refractivity contribution in [1.82, 2.24) is 5.32 Å². The molecular formula is C42H55NO11Si. The first kappa shape index (κ1) is 41.1. The molecule has 298 valence electrons. The number of aliphatic hydroxyl groups is 4. The SMILES string of the molecule is CC[Si](CC)(CC)OC1C[C@H]2OC[C@@]2(O)[C@H]2[C@H](O)C3(O)C[C@H](OC(=O)[C@H](O)[C@@H](NC(=O)c4ccccc4)c4ccccc4)C(C)=C(C(=O)C(=O)C12C)C3(C)C. The molecule has 2 aromatic carbocycles. The Hall–Kier alpha value is -3.56. The molecule has 0 spiro atoms. The number of esters is 1. The monoisotopic (exact) mass is 777 g/mol. The highest BCUT2D eigenvalue weighted by Gasteiger charge is 2.76. The number of ketones is 2. The van der Waals surface area contributed by atoms with Crippen LogP contribution in [-0.2, 0) is 28.3 Å². The second-order valence-corrected chi connectivity index (χ2v) is 21.4. The van der Waals surface area contributed by atoms with Gasteiger partial charge in [0.15, 0.2) is 14.4 Å². The van der Waals surface area contributed by atoms with E-state index in [1.165, 1.54) is 6.92 Å². The number of carbonyl (C=O) groups is 4. The Bertz CT molecular complexity index is 1840. The molecule has 0 radical (unpaired) electrons. The van der Waals surface area contributed by atoms with Crippen LogP contribution in [0.25, 0.3) is 0 Å². The lowest BCUT2D eigenvalue weighted by Crippen LogP contribution is -2.81. The maximum absolute atomic E-state index is 14.9. The lowest BCUT2D eigenvalue weighted by molar-refractivity contribution is -0.340. The number of rotatable bonds is 11. The smallest absolute Gasteiger partial charge is 0.338 e. The van der Waals surface area contributed by atoms with E-state index in [1.807, 2.05) is 20.8 Å². The molecule has 2 aromatic rings. The third kappa shape index (κ3) is 6.36. The van der Waals surface area contributed by atoms with Crippen LogP contribution in [0.4, 0.5) is 0 Å². The fourth-order valence-corrected chi connectivity index (χ4v) is 12.8. The van der Waals surface area contributed by atoms with Gasteiger partial charge in [-0.2, -0.15) is 0 Å². The second kappa shape index (κ2) is 14.7. The van der Waals surface area contributed by atoms with E-state index in [0.29, 0.717) is 11.1 Å². The van der Waals surface area contributed by atoms with Crippen molar-refractivity contribution in [3.63, 3.8) is 0 Å². The Morgan fingerprint density at radius 1 is 0.964 bits per heavy atom. The lowest BCUT2D eigenvalue weighted by Gasteiger charge is -2.66. The summed E-state index contributed by atoms with van der Waals surface area (Å²) in [6, 6.07) is 17.7. The van der Waals surface area contributed by atoms with Crippen LogP contribution in [0.2, 0.25) is 18.1 Å². The van der Waals surface area contributed by atoms with Crippen LogP contribution in [-0.4, -0.2) is 101 Å². The van der Waals surface area contributed by atoms with Crippen molar-refractivity contribution in [2.24, 2.45) is 16.7 Å². The number of ether oxygens (including phenoxy) is 2. The molecule has 3 unspecified atom stereocenters. The normalized spacial score (nSPS) is 33.9. The zero-order chi connectivity index (χ0) is 40.3. The van der Waals surface area contributed by atoms with Crippen LogP contribution in [0.5, 0.6) is 0 Å². The fraction of sp³-hybridized carbons (Fsp3) is 0.571. The van der Waals surface area contributed by atoms with Gasteiger partial charge in [-0.15, -0.1) is 0 Å². The second-order valence-electron chi connectivity index (χ2n) is 16.6. The minimum absolute atomic E-state index is 0.114. The number of benzene rings is 2. The number of hydrogen-bond acceptors (Lipinski definition) is 11. The highest BCUT2D eigenvalue weighted by Crippen LogP contribution is 2.62. The Morgan fingerprint density at radius 3 is 2.09 bits per heavy atom. The van der Waals surface area contributed by atoms with Gasteiger partial charge in [-0.25, -0.2) is 4.79 Å². The van der Waals surface area contributed by atoms with Crippen LogP contribution < -0.4 is 5.32 Å². The zero-order valence-corrected chi connectivity index (χ0v) is 33.7. The summed E-state index contributed by atoms with van der Waals surface area (Å²) >= 11 is 0. The van der Waals surface area contributed by atoms with E-state index in [0.717, 1.165) is 18.1 Å². The topological polar surface area (TPSA) is 189 Å². The molecule has 5 N–H and O–H groups in total. The summed E-state index contributed by atoms with van der Waals surface area (Å²) in [5.41, 5.74) is -6.56. The predicted octanol–water partition coefficient (Wildman–Crippen LogP) is 3.97. The number of nitrogens with one attached hydrogen (secondary N) is 1. The molecule has 13 heteroatoms. The number of fused-ring (bicyclic) bond motifs is 5. The summed E-state index contributed by atoms with van der Waals surface area (Å²) in [6.07, 6.45) is -7.17. The Balaban J connectivity index is 1.40. The largest absolute Gasteiger partial charge is 0.456 e. The van der Waals surface area contributed by atoms with E-state index in [1.54, 1.807) is 81.4 Å². The molecule has 0 aromatic heterocycles. The molecule has 6 rings (SSSR count). The summed E-state index contributed by atoms with van der Waals surface area (Å²) in [5, 5.41) is 52.0. The van der Waals surface area contributed by atoms with Crippen molar-refractivity contribution >= 4 is 31.8 Å². The predicted molar refractivity (Wildman–Crippen MR) is 204 cm³/mol. The van der Waals surface area contributed by atoms with Crippen LogP contribution in [0.1, 0.15) is 83.3 Å². The van der Waals surface area contributed by atoms with Crippen molar-refractivity contribution in [2.75, 3.05) is 6.61 Å². The van der Waals surface area contributed by atoms with Crippen molar-refractivity contribution in [1.29, 1.82) is 0 Å². The van der Waals surface area contributed by atoms with Crippen LogP contribution in [0.15, 0.2) is 71.8 Å². The summed E-state index contributed by atoms with van der Waals surface area (Å²) in [6.45, 7) is 12.1. The van der Waals surface area contributed by atoms with E-state index >= 15 is 0 Å². The molecule has 1 saturated heterocycles. The van der Waals surface area contributed by atoms with Gasteiger partial charge in [0.2, 0.25) is 11.6 Å². The first-order valence-corrected chi connectivity index (χ1v) is 21.9. The van der Waals surface area contributed by atoms with Gasteiger partial charge < -0.3 is 39.6 Å². The molecule has 3 fully saturated rings. The number of amides is 1. The van der Waals surface area contributed by atoms with Crippen LogP contribution in [0.3, 0.4) is 0 Å². The van der Waals surface area contributed by atoms with Gasteiger partial charge in [-0.1, -0.05) is 83.1 Å². The molecule has 1 amide bonds. The Labute approximate surface area is 323 Å². The minimum atomic E-state index is -2.44. The van der Waals surface area contributed by atoms with Crippen molar-refractivity contribution in [3.8, 4) is 0 Å². The molecular weight excluding hydrogens is 723 g/mol. The van der Waals surface area contributed by atoms with E-state index in [9.17, 15) is 39.6 Å². The average Bonchev–Trinajstić information content (AvgIpc) is 3.17. The van der Waals surface area contributed by atoms with E-state index in [4.69, 9.17) is 13.9 Å². The molecule has 55 heavy (non-hydrogen) atoms. The molecule has 1 heterocycles. The number of aliphatic hydroxyl groups excluding tert-OH is 2. The summed E-state index contributed by atoms with van der Waals surface area (Å²) in [7, 11) is -2.44. The standard InChI is InChI=1S/C42H55NO11Si/c1-8-55(9-2,10-3)54-28-21-29-41(50,23-52-29)34-36(47)42(51)22-27(24(4)30(39(42,5)6)32(44)35(46)40(28,34)7)53-38(49)33(45)31(25-17-13-11-14-18-25)43-37(48)26-19-15-12-16-20-26/h11-20,27-29,31,33-34,36,45,47,50-51H,8-10,21-23H2,1-7H3,(H,43,48)/t27-,28?,29+,31-,33+,34-,36-,40?,41-,42?/m0/s1. The zero-order valence-electron chi connectivity index (χ0n) is 32.7. The molecule has 4 aliphatic rings. The van der Waals surface area contributed by atoms with Gasteiger partial charge in [-0.3, -0.25) is 14.4 Å². The number of hydrogen-bond donors (Lipinski definition) is 5. The summed E-state index contributed by atoms with van der Waals surface area (Å²) in [5.74, 6) is -4.90. The summed E-state index contributed by atoms with van der Waals surface area (Å²) in [4.78, 5) is 56.9. The van der Waals surface area contributed by atoms with Gasteiger partial charge in [0.05, 0.1) is 36.4 Å². The van der Waals surface area contributed by atoms with E-state index < -0.39 is 103 Å². The highest BCUT2D eigenvalue weighted by atomic mass is 28.4. The molecule has 10 atom stereocenters. The quantitative estimate of drug-likeness (QED) is 0.126. The molecule has 1 aliphatic heterocycles. The van der Waals surface area contributed by atoms with Crippen molar-refractivity contribution in [2.45, 2.75) is 127 Å². The molecule has 3 aliphatic carbocycles. The Kier molecular flexibility index (Phi) is 11.0. The molecule has 2 bridgehead atoms. The van der Waals surface area contributed by atoms with Crippen LogP contribution >= 0.6 is 0 Å². The van der Waals surface area contributed by atoms with Gasteiger partial charge in [0.25, 0.3) is 5.91 Å². The fourth-order valence-electron chi connectivity index (χ4n) is 9.90. The maximum atomic E-state index is 14.9. The van der Waals surface area contributed by atoms with Gasteiger partial charge in [0.1, 0.15) is 17.3 Å². The first-order valence-electron chi connectivity index (χ1n) is 19.4. The Morgan fingerprint density at radius 2 is 1.55 bits per heavy atom. The maximum Gasteiger partial charge on any atom is 0.338 e. The number of Topliss-reactive ketones (excluding diaryl/α,β-unsaturated/α-hetero) is 2. The van der Waals surface area contributed by atoms with Gasteiger partial charge in [-0.05, 0) is 55.2 Å². The molecule has 2 saturated carbocycles. The third-order valence-electron chi connectivity index (χ3n) is 13.8. The lowest BCUT2D eigenvalue weighted by atomic mass is 9.45. The van der Waals surface area contributed by atoms with Crippen molar-refractivity contribution in [3.05, 3.63) is 82.9 Å². The number of carbonyl (C=O) groups excluding carboxylic acids is 4. The minimum Gasteiger partial charge on any atom is -0.456 e. The van der Waals surface area contributed by atoms with Crippen LogP contribution in [0, 0.1) is 16.7 Å². The molecule has 12 nitrogen and oxygen atoms in total. The van der Waals surface area contributed by atoms with Gasteiger partial charge in [0, 0.05) is 35.3 Å². The van der Waals surface area contributed by atoms with E-state index in [2.05, 4.69) is 5.32 Å². The first-order chi connectivity index (χ1) is 25.9. The highest BCUT2D eigenvalue weighted by molar-refractivity contribution is 6.73. The third-order valence-corrected chi connectivity index (χ3v) is 18.4. The summed E-state index contributed by atoms with van der Waals surface area (Å²) < 4.78 is 18.7.